The van der Waals surface area contributed by atoms with Crippen LogP contribution < -0.4 is 9.80 Å². The predicted octanol–water partition coefficient (Wildman–Crippen LogP) is 5.33. The fourth-order valence-corrected chi connectivity index (χ4v) is 4.86. The molecule has 5 rings (SSSR count). The fraction of sp³-hybridized carbons (Fsp3) is 0.120. The molecule has 0 bridgehead atoms. The number of hydrogen-bond acceptors (Lipinski definition) is 7. The lowest BCUT2D eigenvalue weighted by atomic mass is 10.1. The van der Waals surface area contributed by atoms with Crippen LogP contribution in [-0.4, -0.2) is 27.2 Å². The highest BCUT2D eigenvalue weighted by atomic mass is 32.2. The van der Waals surface area contributed by atoms with Crippen molar-refractivity contribution in [1.82, 2.24) is 15.0 Å². The summed E-state index contributed by atoms with van der Waals surface area (Å²) in [5, 5.41) is 9.40. The van der Waals surface area contributed by atoms with Gasteiger partial charge in [-0.2, -0.15) is 5.26 Å². The van der Waals surface area contributed by atoms with Gasteiger partial charge in [0.25, 0.3) is 0 Å². The van der Waals surface area contributed by atoms with Gasteiger partial charge < -0.3 is 9.80 Å². The molecule has 156 valence electrons. The van der Waals surface area contributed by atoms with Crippen LogP contribution in [0.2, 0.25) is 0 Å². The first kappa shape index (κ1) is 20.0. The molecule has 2 aromatic carbocycles. The smallest absolute Gasteiger partial charge is 0.138 e. The highest BCUT2D eigenvalue weighted by Crippen LogP contribution is 2.39. The molecule has 1 aliphatic rings. The van der Waals surface area contributed by atoms with Crippen LogP contribution in [0.1, 0.15) is 11.1 Å². The van der Waals surface area contributed by atoms with E-state index in [0.717, 1.165) is 35.1 Å². The highest BCUT2D eigenvalue weighted by molar-refractivity contribution is 7.99. The monoisotopic (exact) mass is 436 g/mol. The largest absolute Gasteiger partial charge is 0.334 e. The van der Waals surface area contributed by atoms with E-state index in [1.807, 2.05) is 42.2 Å². The van der Waals surface area contributed by atoms with Crippen molar-refractivity contribution in [3.63, 3.8) is 0 Å². The molecule has 0 amide bonds. The summed E-state index contributed by atoms with van der Waals surface area (Å²) in [4.78, 5) is 18.9. The number of aromatic nitrogens is 3. The minimum atomic E-state index is 0.567. The number of benzene rings is 2. The van der Waals surface area contributed by atoms with Crippen LogP contribution in [-0.2, 0) is 6.54 Å². The Labute approximate surface area is 191 Å². The van der Waals surface area contributed by atoms with Crippen molar-refractivity contribution in [3.8, 4) is 6.07 Å². The van der Waals surface area contributed by atoms with E-state index >= 15 is 0 Å². The Balaban J connectivity index is 1.57. The third-order valence-corrected chi connectivity index (χ3v) is 6.37. The third kappa shape index (κ3) is 4.01. The minimum Gasteiger partial charge on any atom is -0.334 e. The Bertz CT molecular complexity index is 1270. The van der Waals surface area contributed by atoms with Gasteiger partial charge in [-0.25, -0.2) is 15.0 Å². The number of nitrogens with zero attached hydrogens (tertiary/aromatic N) is 6. The van der Waals surface area contributed by atoms with E-state index in [4.69, 9.17) is 4.98 Å². The van der Waals surface area contributed by atoms with Crippen LogP contribution >= 0.6 is 11.8 Å². The lowest BCUT2D eigenvalue weighted by Crippen LogP contribution is -2.27. The SMILES string of the molecule is N#Cc1cccc(N(Cc2cccnc2N2CCSc3ccccc32)c2cncnc2)c1. The Morgan fingerprint density at radius 1 is 1.00 bits per heavy atom. The van der Waals surface area contributed by atoms with E-state index in [0.29, 0.717) is 12.1 Å². The predicted molar refractivity (Wildman–Crippen MR) is 127 cm³/mol. The standard InChI is InChI=1S/C25H20N6S/c26-14-19-5-3-7-21(13-19)31(22-15-27-18-28-16-22)17-20-6-4-10-29-25(20)30-11-12-32-24-9-2-1-8-23(24)30/h1-10,13,15-16,18H,11-12,17H2. The van der Waals surface area contributed by atoms with Gasteiger partial charge in [0.15, 0.2) is 0 Å². The van der Waals surface area contributed by atoms with E-state index in [1.165, 1.54) is 16.9 Å². The molecule has 7 heteroatoms. The van der Waals surface area contributed by atoms with Gasteiger partial charge in [0.05, 0.1) is 41.9 Å². The number of rotatable bonds is 5. The molecule has 0 saturated carbocycles. The van der Waals surface area contributed by atoms with Gasteiger partial charge in [-0.15, -0.1) is 11.8 Å². The summed E-state index contributed by atoms with van der Waals surface area (Å²) < 4.78 is 0. The number of para-hydroxylation sites is 1. The van der Waals surface area contributed by atoms with Gasteiger partial charge in [0.1, 0.15) is 12.1 Å². The third-order valence-electron chi connectivity index (χ3n) is 5.33. The molecule has 0 radical (unpaired) electrons. The number of hydrogen-bond donors (Lipinski definition) is 0. The Morgan fingerprint density at radius 2 is 1.88 bits per heavy atom. The molecule has 0 saturated heterocycles. The second kappa shape index (κ2) is 9.08. The average molecular weight is 437 g/mol. The van der Waals surface area contributed by atoms with Crippen molar-refractivity contribution in [2.24, 2.45) is 0 Å². The van der Waals surface area contributed by atoms with Gasteiger partial charge in [0.2, 0.25) is 0 Å². The van der Waals surface area contributed by atoms with Crippen molar-refractivity contribution >= 4 is 34.6 Å². The summed E-state index contributed by atoms with van der Waals surface area (Å²) >= 11 is 1.88. The number of anilines is 4. The van der Waals surface area contributed by atoms with Crippen LogP contribution in [0, 0.1) is 11.3 Å². The Hall–Kier alpha value is -3.89. The van der Waals surface area contributed by atoms with Crippen LogP contribution in [0.3, 0.4) is 0 Å². The van der Waals surface area contributed by atoms with E-state index < -0.39 is 0 Å². The van der Waals surface area contributed by atoms with Crippen LogP contribution in [0.25, 0.3) is 0 Å². The lowest BCUT2D eigenvalue weighted by Gasteiger charge is -2.32. The molecule has 1 aliphatic heterocycles. The van der Waals surface area contributed by atoms with Crippen LogP contribution in [0.5, 0.6) is 0 Å². The van der Waals surface area contributed by atoms with Crippen molar-refractivity contribution in [1.29, 1.82) is 5.26 Å². The first-order valence-corrected chi connectivity index (χ1v) is 11.3. The molecule has 32 heavy (non-hydrogen) atoms. The first-order valence-electron chi connectivity index (χ1n) is 10.3. The first-order chi connectivity index (χ1) is 15.8. The summed E-state index contributed by atoms with van der Waals surface area (Å²) in [6.45, 7) is 1.46. The normalized spacial score (nSPS) is 12.7. The quantitative estimate of drug-likeness (QED) is 0.419. The molecule has 0 fully saturated rings. The summed E-state index contributed by atoms with van der Waals surface area (Å²) in [6.07, 6.45) is 6.94. The summed E-state index contributed by atoms with van der Waals surface area (Å²) in [5.41, 5.74) is 4.64. The fourth-order valence-electron chi connectivity index (χ4n) is 3.86. The van der Waals surface area contributed by atoms with Crippen molar-refractivity contribution in [3.05, 3.63) is 96.7 Å². The number of pyridine rings is 1. The van der Waals surface area contributed by atoms with Crippen LogP contribution in [0.4, 0.5) is 22.9 Å². The van der Waals surface area contributed by atoms with Gasteiger partial charge in [-0.3, -0.25) is 0 Å². The summed E-state index contributed by atoms with van der Waals surface area (Å²) in [7, 11) is 0. The molecular weight excluding hydrogens is 416 g/mol. The average Bonchev–Trinajstić information content (AvgIpc) is 2.88. The molecule has 6 nitrogen and oxygen atoms in total. The molecule has 0 unspecified atom stereocenters. The van der Waals surface area contributed by atoms with E-state index in [9.17, 15) is 5.26 Å². The maximum absolute atomic E-state index is 9.40. The summed E-state index contributed by atoms with van der Waals surface area (Å²) in [5.74, 6) is 1.95. The summed E-state index contributed by atoms with van der Waals surface area (Å²) in [6, 6.07) is 22.4. The molecule has 0 atom stereocenters. The molecule has 4 aromatic rings. The number of thioether (sulfide) groups is 1. The second-order valence-electron chi connectivity index (χ2n) is 7.30. The maximum atomic E-state index is 9.40. The topological polar surface area (TPSA) is 68.9 Å². The number of nitriles is 1. The van der Waals surface area contributed by atoms with Crippen molar-refractivity contribution < 1.29 is 0 Å². The maximum Gasteiger partial charge on any atom is 0.138 e. The highest BCUT2D eigenvalue weighted by Gasteiger charge is 2.23. The molecule has 0 aliphatic carbocycles. The van der Waals surface area contributed by atoms with Gasteiger partial charge in [-0.05, 0) is 36.4 Å². The van der Waals surface area contributed by atoms with E-state index in [2.05, 4.69) is 56.2 Å². The van der Waals surface area contributed by atoms with Gasteiger partial charge in [0, 0.05) is 34.6 Å². The Morgan fingerprint density at radius 3 is 2.75 bits per heavy atom. The van der Waals surface area contributed by atoms with Gasteiger partial charge in [-0.1, -0.05) is 24.3 Å². The van der Waals surface area contributed by atoms with Crippen molar-refractivity contribution in [2.45, 2.75) is 11.4 Å². The zero-order valence-corrected chi connectivity index (χ0v) is 18.1. The molecule has 0 spiro atoms. The minimum absolute atomic E-state index is 0.567. The number of fused-ring (bicyclic) bond motifs is 1. The molecule has 3 heterocycles. The zero-order valence-electron chi connectivity index (χ0n) is 17.3. The second-order valence-corrected chi connectivity index (χ2v) is 8.44. The van der Waals surface area contributed by atoms with Gasteiger partial charge >= 0.3 is 0 Å². The molecular formula is C25H20N6S. The lowest BCUT2D eigenvalue weighted by molar-refractivity contribution is 0.906. The zero-order chi connectivity index (χ0) is 21.8. The van der Waals surface area contributed by atoms with E-state index in [-0.39, 0.29) is 0 Å². The van der Waals surface area contributed by atoms with Crippen LogP contribution in [0.15, 0.2) is 90.5 Å². The molecule has 0 N–H and O–H groups in total. The van der Waals surface area contributed by atoms with Crippen molar-refractivity contribution in [2.75, 3.05) is 22.1 Å². The van der Waals surface area contributed by atoms with E-state index in [1.54, 1.807) is 18.5 Å². The Kier molecular flexibility index (Phi) is 5.69. The molecule has 2 aromatic heterocycles.